The molecule has 3 aromatic carbocycles. The second-order valence-corrected chi connectivity index (χ2v) is 12.6. The summed E-state index contributed by atoms with van der Waals surface area (Å²) in [7, 11) is 0. The van der Waals surface area contributed by atoms with Gasteiger partial charge in [0.25, 0.3) is 5.91 Å². The molecule has 8 nitrogen and oxygen atoms in total. The van der Waals surface area contributed by atoms with Gasteiger partial charge in [-0.1, -0.05) is 42.5 Å². The van der Waals surface area contributed by atoms with Gasteiger partial charge < -0.3 is 24.1 Å². The van der Waals surface area contributed by atoms with Crippen LogP contribution in [0.3, 0.4) is 0 Å². The highest BCUT2D eigenvalue weighted by Gasteiger charge is 2.35. The van der Waals surface area contributed by atoms with E-state index in [0.29, 0.717) is 29.6 Å². The number of amides is 1. The van der Waals surface area contributed by atoms with Crippen molar-refractivity contribution < 1.29 is 23.8 Å². The Morgan fingerprint density at radius 2 is 1.71 bits per heavy atom. The maximum absolute atomic E-state index is 13.2. The number of nitrogens with one attached hydrogen (secondary N) is 1. The zero-order valence-corrected chi connectivity index (χ0v) is 25.6. The van der Waals surface area contributed by atoms with Crippen LogP contribution in [0.5, 0.6) is 11.5 Å². The molecule has 228 valence electrons. The fourth-order valence-electron chi connectivity index (χ4n) is 5.91. The van der Waals surface area contributed by atoms with Crippen LogP contribution in [0.2, 0.25) is 0 Å². The number of benzene rings is 3. The summed E-state index contributed by atoms with van der Waals surface area (Å²) in [5.41, 5.74) is 5.45. The highest BCUT2D eigenvalue weighted by Crippen LogP contribution is 2.45. The van der Waals surface area contributed by atoms with Crippen molar-refractivity contribution in [2.75, 3.05) is 18.1 Å². The van der Waals surface area contributed by atoms with Crippen molar-refractivity contribution >= 4 is 28.6 Å². The van der Waals surface area contributed by atoms with Crippen LogP contribution in [0.1, 0.15) is 67.1 Å². The third kappa shape index (κ3) is 6.06. The number of fused-ring (bicyclic) bond motifs is 1. The van der Waals surface area contributed by atoms with E-state index < -0.39 is 11.6 Å². The maximum Gasteiger partial charge on any atom is 0.342 e. The second-order valence-electron chi connectivity index (χ2n) is 12.6. The van der Waals surface area contributed by atoms with Gasteiger partial charge in [-0.05, 0) is 98.2 Å². The minimum absolute atomic E-state index is 0.0556. The van der Waals surface area contributed by atoms with Crippen molar-refractivity contribution in [3.05, 3.63) is 108 Å². The number of carbonyl (C=O) groups excluding carboxylic acids is 2. The summed E-state index contributed by atoms with van der Waals surface area (Å²) in [6.45, 7) is 6.01. The number of H-pyrrole nitrogens is 1. The summed E-state index contributed by atoms with van der Waals surface area (Å²) in [4.78, 5) is 35.8. The minimum Gasteiger partial charge on any atom is -0.456 e. The normalized spacial score (nSPS) is 17.0. The average molecular weight is 602 g/mol. The second kappa shape index (κ2) is 11.5. The molecular weight excluding hydrogens is 566 g/mol. The predicted molar refractivity (Wildman–Crippen MR) is 173 cm³/mol. The molecule has 2 aromatic heterocycles. The van der Waals surface area contributed by atoms with Gasteiger partial charge in [0.2, 0.25) is 0 Å². The zero-order chi connectivity index (χ0) is 31.1. The number of aromatic nitrogens is 2. The molecule has 1 aliphatic heterocycles. The molecule has 3 heterocycles. The van der Waals surface area contributed by atoms with Crippen LogP contribution in [0.25, 0.3) is 22.2 Å². The van der Waals surface area contributed by atoms with Crippen molar-refractivity contribution in [3.63, 3.8) is 0 Å². The Kier molecular flexibility index (Phi) is 7.37. The average Bonchev–Trinajstić information content (AvgIpc) is 3.77. The molecule has 0 spiro atoms. The van der Waals surface area contributed by atoms with Gasteiger partial charge >= 0.3 is 5.97 Å². The number of aromatic amines is 1. The fourth-order valence-corrected chi connectivity index (χ4v) is 5.91. The van der Waals surface area contributed by atoms with Gasteiger partial charge in [-0.25, -0.2) is 9.78 Å². The summed E-state index contributed by atoms with van der Waals surface area (Å²) in [6, 6.07) is 25.4. The van der Waals surface area contributed by atoms with E-state index in [2.05, 4.69) is 28.2 Å². The number of hydrogen-bond donors (Lipinski definition) is 1. The van der Waals surface area contributed by atoms with Crippen LogP contribution in [0, 0.1) is 0 Å². The van der Waals surface area contributed by atoms with E-state index >= 15 is 0 Å². The van der Waals surface area contributed by atoms with E-state index in [-0.39, 0.29) is 18.6 Å². The summed E-state index contributed by atoms with van der Waals surface area (Å²) < 4.78 is 17.7. The summed E-state index contributed by atoms with van der Waals surface area (Å²) in [5, 5.41) is 0.897. The Balaban J connectivity index is 1.21. The Labute approximate surface area is 262 Å². The van der Waals surface area contributed by atoms with Crippen molar-refractivity contribution in [2.45, 2.75) is 51.2 Å². The first-order valence-electron chi connectivity index (χ1n) is 15.3. The number of pyridine rings is 1. The third-order valence-electron chi connectivity index (χ3n) is 8.14. The molecule has 1 aliphatic carbocycles. The number of esters is 1. The molecule has 0 radical (unpaired) electrons. The molecule has 1 saturated carbocycles. The van der Waals surface area contributed by atoms with E-state index in [1.165, 1.54) is 18.4 Å². The molecule has 7 rings (SSSR count). The molecule has 0 bridgehead atoms. The molecule has 1 saturated heterocycles. The molecule has 1 unspecified atom stereocenters. The van der Waals surface area contributed by atoms with Crippen molar-refractivity contribution in [1.29, 1.82) is 0 Å². The van der Waals surface area contributed by atoms with Gasteiger partial charge in [0.1, 0.15) is 34.9 Å². The number of ether oxygens (including phenoxy) is 3. The Bertz CT molecular complexity index is 1880. The lowest BCUT2D eigenvalue weighted by molar-refractivity contribution is -0.127. The Morgan fingerprint density at radius 1 is 0.956 bits per heavy atom. The highest BCUT2D eigenvalue weighted by molar-refractivity contribution is 5.96. The first kappa shape index (κ1) is 28.8. The summed E-state index contributed by atoms with van der Waals surface area (Å²) >= 11 is 0. The van der Waals surface area contributed by atoms with Crippen LogP contribution in [-0.4, -0.2) is 40.7 Å². The van der Waals surface area contributed by atoms with Crippen LogP contribution >= 0.6 is 0 Å². The quantitative estimate of drug-likeness (QED) is 0.190. The van der Waals surface area contributed by atoms with Gasteiger partial charge in [-0.3, -0.25) is 4.79 Å². The monoisotopic (exact) mass is 601 g/mol. The van der Waals surface area contributed by atoms with Crippen molar-refractivity contribution in [2.24, 2.45) is 0 Å². The molecule has 45 heavy (non-hydrogen) atoms. The molecule has 2 aliphatic rings. The standard InChI is InChI=1S/C37H35N3O5/c1-37(2,3)45-36(42)31-15-12-25(19-33(31)44-28-18-26-16-17-38-35(26)39-20-28)23-10-13-27(14-11-23)40-32(21-43-22-34(40)41)30-7-5-4-6-29(30)24-8-9-24/h4-7,10-20,24,32H,8-9,21-22H2,1-3H3,(H,38,39). The van der Waals surface area contributed by atoms with Crippen LogP contribution in [0.15, 0.2) is 91.3 Å². The van der Waals surface area contributed by atoms with Gasteiger partial charge in [-0.15, -0.1) is 0 Å². The van der Waals surface area contributed by atoms with Gasteiger partial charge in [0.05, 0.1) is 18.8 Å². The van der Waals surface area contributed by atoms with E-state index in [0.717, 1.165) is 33.4 Å². The molecule has 1 N–H and O–H groups in total. The molecule has 2 fully saturated rings. The number of nitrogens with zero attached hydrogens (tertiary/aromatic N) is 2. The fraction of sp³-hybridized carbons (Fsp3) is 0.270. The van der Waals surface area contributed by atoms with E-state index in [4.69, 9.17) is 14.2 Å². The summed E-state index contributed by atoms with van der Waals surface area (Å²) in [6.07, 6.45) is 5.80. The lowest BCUT2D eigenvalue weighted by atomic mass is 9.95. The van der Waals surface area contributed by atoms with Gasteiger partial charge in [0, 0.05) is 17.3 Å². The van der Waals surface area contributed by atoms with Gasteiger partial charge in [-0.2, -0.15) is 0 Å². The van der Waals surface area contributed by atoms with Crippen LogP contribution < -0.4 is 9.64 Å². The zero-order valence-electron chi connectivity index (χ0n) is 25.6. The van der Waals surface area contributed by atoms with Crippen molar-refractivity contribution in [1.82, 2.24) is 9.97 Å². The number of morpholine rings is 1. The van der Waals surface area contributed by atoms with Crippen LogP contribution in [0.4, 0.5) is 5.69 Å². The third-order valence-corrected chi connectivity index (χ3v) is 8.14. The molecule has 8 heteroatoms. The Hall–Kier alpha value is -4.95. The van der Waals surface area contributed by atoms with Crippen LogP contribution in [-0.2, 0) is 14.3 Å². The number of rotatable bonds is 7. The SMILES string of the molecule is CC(C)(C)OC(=O)c1ccc(-c2ccc(N3C(=O)COCC3c3ccccc3C3CC3)cc2)cc1Oc1cnc2[nH]ccc2c1. The first-order chi connectivity index (χ1) is 21.7. The predicted octanol–water partition coefficient (Wildman–Crippen LogP) is 7.96. The lowest BCUT2D eigenvalue weighted by Gasteiger charge is -2.37. The topological polar surface area (TPSA) is 93.8 Å². The smallest absolute Gasteiger partial charge is 0.342 e. The minimum atomic E-state index is -0.664. The van der Waals surface area contributed by atoms with Crippen molar-refractivity contribution in [3.8, 4) is 22.6 Å². The highest BCUT2D eigenvalue weighted by atomic mass is 16.6. The summed E-state index contributed by atoms with van der Waals surface area (Å²) in [5.74, 6) is 0.891. The maximum atomic E-state index is 13.2. The first-order valence-corrected chi connectivity index (χ1v) is 15.3. The number of carbonyl (C=O) groups is 2. The number of hydrogen-bond acceptors (Lipinski definition) is 6. The molecule has 1 amide bonds. The largest absolute Gasteiger partial charge is 0.456 e. The lowest BCUT2D eigenvalue weighted by Crippen LogP contribution is -2.44. The van der Waals surface area contributed by atoms with E-state index in [9.17, 15) is 9.59 Å². The molecule has 1 atom stereocenters. The number of anilines is 1. The molecular formula is C37H35N3O5. The Morgan fingerprint density at radius 3 is 2.47 bits per heavy atom. The van der Waals surface area contributed by atoms with Gasteiger partial charge in [0.15, 0.2) is 0 Å². The van der Waals surface area contributed by atoms with E-state index in [1.54, 1.807) is 12.3 Å². The van der Waals surface area contributed by atoms with E-state index in [1.807, 2.05) is 86.5 Å². The molecule has 5 aromatic rings.